The second kappa shape index (κ2) is 7.84. The average molecular weight is 307 g/mol. The molecule has 4 heteroatoms. The molecule has 0 saturated heterocycles. The van der Waals surface area contributed by atoms with Gasteiger partial charge in [-0.05, 0) is 36.5 Å². The molecule has 1 aromatic carbocycles. The third kappa shape index (κ3) is 4.37. The number of hydrogen-bond donors (Lipinski definition) is 2. The van der Waals surface area contributed by atoms with Gasteiger partial charge in [-0.15, -0.1) is 0 Å². The number of aliphatic hydroxyl groups excluding tert-OH is 1. The van der Waals surface area contributed by atoms with E-state index in [2.05, 4.69) is 19.2 Å². The topological polar surface area (TPSA) is 50.7 Å². The predicted molar refractivity (Wildman–Crippen MR) is 88.5 cm³/mol. The fraction of sp³-hybridized carbons (Fsp3) is 0.667. The van der Waals surface area contributed by atoms with Crippen molar-refractivity contribution in [1.82, 2.24) is 5.32 Å². The van der Waals surface area contributed by atoms with E-state index < -0.39 is 0 Å². The second-order valence-corrected chi connectivity index (χ2v) is 6.69. The molecule has 0 radical (unpaired) electrons. The molecule has 0 bridgehead atoms. The van der Waals surface area contributed by atoms with Gasteiger partial charge in [0.15, 0.2) is 11.5 Å². The van der Waals surface area contributed by atoms with Crippen molar-refractivity contribution in [3.8, 4) is 11.5 Å². The molecule has 1 saturated carbocycles. The summed E-state index contributed by atoms with van der Waals surface area (Å²) in [5.74, 6) is 2.03. The van der Waals surface area contributed by atoms with Crippen LogP contribution in [0.15, 0.2) is 18.2 Å². The van der Waals surface area contributed by atoms with E-state index in [4.69, 9.17) is 9.47 Å². The second-order valence-electron chi connectivity index (χ2n) is 6.69. The van der Waals surface area contributed by atoms with Crippen LogP contribution in [0.1, 0.15) is 45.1 Å². The Morgan fingerprint density at radius 3 is 2.55 bits per heavy atom. The molecule has 4 nitrogen and oxygen atoms in total. The summed E-state index contributed by atoms with van der Waals surface area (Å²) >= 11 is 0. The van der Waals surface area contributed by atoms with Gasteiger partial charge < -0.3 is 19.9 Å². The monoisotopic (exact) mass is 307 g/mol. The quantitative estimate of drug-likeness (QED) is 0.775. The summed E-state index contributed by atoms with van der Waals surface area (Å²) < 4.78 is 11.2. The van der Waals surface area contributed by atoms with Crippen molar-refractivity contribution in [2.24, 2.45) is 5.92 Å². The summed E-state index contributed by atoms with van der Waals surface area (Å²) in [6.45, 7) is 5.88. The molecule has 124 valence electrons. The Morgan fingerprint density at radius 1 is 1.23 bits per heavy atom. The zero-order valence-corrected chi connectivity index (χ0v) is 14.0. The number of benzene rings is 1. The van der Waals surface area contributed by atoms with E-state index in [0.29, 0.717) is 12.5 Å². The lowest BCUT2D eigenvalue weighted by Crippen LogP contribution is -2.45. The van der Waals surface area contributed by atoms with E-state index >= 15 is 0 Å². The zero-order valence-electron chi connectivity index (χ0n) is 14.0. The van der Waals surface area contributed by atoms with Gasteiger partial charge in [0.1, 0.15) is 0 Å². The molecule has 0 atom stereocenters. The first kappa shape index (κ1) is 17.1. The van der Waals surface area contributed by atoms with Crippen LogP contribution < -0.4 is 14.8 Å². The fourth-order valence-electron chi connectivity index (χ4n) is 2.93. The van der Waals surface area contributed by atoms with E-state index in [-0.39, 0.29) is 12.1 Å². The van der Waals surface area contributed by atoms with Crippen molar-refractivity contribution in [3.63, 3.8) is 0 Å². The lowest BCUT2D eigenvalue weighted by molar-refractivity contribution is 0.163. The molecule has 0 unspecified atom stereocenters. The summed E-state index contributed by atoms with van der Waals surface area (Å²) in [5, 5.41) is 13.2. The van der Waals surface area contributed by atoms with Crippen molar-refractivity contribution < 1.29 is 14.6 Å². The normalized spacial score (nSPS) is 17.0. The average Bonchev–Trinajstić information content (AvgIpc) is 3.00. The van der Waals surface area contributed by atoms with Crippen LogP contribution in [0.5, 0.6) is 11.5 Å². The van der Waals surface area contributed by atoms with E-state index in [1.165, 1.54) is 12.8 Å². The number of ether oxygens (including phenoxy) is 2. The molecule has 1 aliphatic carbocycles. The molecule has 0 amide bonds. The molecule has 22 heavy (non-hydrogen) atoms. The minimum atomic E-state index is -0.0983. The maximum Gasteiger partial charge on any atom is 0.161 e. The highest BCUT2D eigenvalue weighted by atomic mass is 16.5. The molecule has 1 fully saturated rings. The van der Waals surface area contributed by atoms with Gasteiger partial charge in [0.2, 0.25) is 0 Å². The van der Waals surface area contributed by atoms with Crippen LogP contribution >= 0.6 is 0 Å². The lowest BCUT2D eigenvalue weighted by Gasteiger charge is -2.28. The maximum absolute atomic E-state index is 9.67. The van der Waals surface area contributed by atoms with Crippen molar-refractivity contribution in [2.75, 3.05) is 20.3 Å². The Bertz CT molecular complexity index is 467. The van der Waals surface area contributed by atoms with E-state index in [1.807, 2.05) is 18.2 Å². The van der Waals surface area contributed by atoms with Crippen molar-refractivity contribution in [1.29, 1.82) is 0 Å². The highest BCUT2D eigenvalue weighted by Gasteiger charge is 2.32. The summed E-state index contributed by atoms with van der Waals surface area (Å²) in [6.07, 6.45) is 4.49. The number of rotatable bonds is 8. The van der Waals surface area contributed by atoms with Crippen LogP contribution in [0.3, 0.4) is 0 Å². The Hall–Kier alpha value is -1.26. The Balaban J connectivity index is 2.02. The van der Waals surface area contributed by atoms with Crippen LogP contribution in [0.2, 0.25) is 0 Å². The van der Waals surface area contributed by atoms with Gasteiger partial charge in [-0.3, -0.25) is 0 Å². The molecule has 0 aromatic heterocycles. The molecule has 0 spiro atoms. The zero-order chi connectivity index (χ0) is 16.0. The number of aliphatic hydroxyl groups is 1. The van der Waals surface area contributed by atoms with Crippen LogP contribution in [-0.4, -0.2) is 31.0 Å². The largest absolute Gasteiger partial charge is 0.493 e. The number of methoxy groups -OCH3 is 1. The third-order valence-electron chi connectivity index (χ3n) is 4.33. The summed E-state index contributed by atoms with van der Waals surface area (Å²) in [6, 6.07) is 6.04. The minimum absolute atomic E-state index is 0.0983. The molecule has 1 aliphatic rings. The molecule has 0 aliphatic heterocycles. The fourth-order valence-corrected chi connectivity index (χ4v) is 2.93. The van der Waals surface area contributed by atoms with Crippen LogP contribution in [-0.2, 0) is 6.54 Å². The first-order valence-corrected chi connectivity index (χ1v) is 8.24. The summed E-state index contributed by atoms with van der Waals surface area (Å²) in [7, 11) is 1.66. The number of hydrogen-bond acceptors (Lipinski definition) is 4. The maximum atomic E-state index is 9.67. The van der Waals surface area contributed by atoms with Crippen molar-refractivity contribution in [2.45, 2.75) is 51.6 Å². The third-order valence-corrected chi connectivity index (χ3v) is 4.33. The lowest BCUT2D eigenvalue weighted by atomic mass is 9.98. The van der Waals surface area contributed by atoms with Crippen LogP contribution in [0.4, 0.5) is 0 Å². The van der Waals surface area contributed by atoms with Gasteiger partial charge in [-0.2, -0.15) is 0 Å². The van der Waals surface area contributed by atoms with Gasteiger partial charge in [-0.25, -0.2) is 0 Å². The van der Waals surface area contributed by atoms with Gasteiger partial charge in [0, 0.05) is 12.1 Å². The van der Waals surface area contributed by atoms with Gasteiger partial charge in [0.25, 0.3) is 0 Å². The highest BCUT2D eigenvalue weighted by molar-refractivity contribution is 5.43. The Labute approximate surface area is 133 Å². The van der Waals surface area contributed by atoms with Crippen LogP contribution in [0, 0.1) is 5.92 Å². The van der Waals surface area contributed by atoms with Crippen molar-refractivity contribution >= 4 is 0 Å². The highest BCUT2D eigenvalue weighted by Crippen LogP contribution is 2.31. The molecule has 1 aromatic rings. The smallest absolute Gasteiger partial charge is 0.161 e. The number of nitrogens with one attached hydrogen (secondary N) is 1. The summed E-state index contributed by atoms with van der Waals surface area (Å²) in [4.78, 5) is 0. The minimum Gasteiger partial charge on any atom is -0.493 e. The first-order valence-electron chi connectivity index (χ1n) is 8.24. The van der Waals surface area contributed by atoms with Crippen molar-refractivity contribution in [3.05, 3.63) is 23.8 Å². The predicted octanol–water partition coefficient (Wildman–Crippen LogP) is 3.12. The molecular weight excluding hydrogens is 278 g/mol. The van der Waals surface area contributed by atoms with Gasteiger partial charge in [-0.1, -0.05) is 32.8 Å². The Morgan fingerprint density at radius 2 is 1.95 bits per heavy atom. The summed E-state index contributed by atoms with van der Waals surface area (Å²) in [5.41, 5.74) is 1.05. The van der Waals surface area contributed by atoms with Gasteiger partial charge in [0.05, 0.1) is 20.3 Å². The van der Waals surface area contributed by atoms with Crippen LogP contribution in [0.25, 0.3) is 0 Å². The Kier molecular flexibility index (Phi) is 6.09. The molecular formula is C18H29NO3. The molecule has 2 N–H and O–H groups in total. The molecule has 2 rings (SSSR count). The van der Waals surface area contributed by atoms with Gasteiger partial charge >= 0.3 is 0 Å². The van der Waals surface area contributed by atoms with E-state index in [0.717, 1.165) is 36.4 Å². The standard InChI is InChI=1S/C18H29NO3/c1-14(2)12-22-17-10-15(6-7-16(17)21-3)11-19-18(13-20)8-4-5-9-18/h6-7,10,14,19-20H,4-5,8-9,11-13H2,1-3H3. The van der Waals surface area contributed by atoms with E-state index in [9.17, 15) is 5.11 Å². The molecule has 0 heterocycles. The SMILES string of the molecule is COc1ccc(CNC2(CO)CCCC2)cc1OCC(C)C. The van der Waals surface area contributed by atoms with E-state index in [1.54, 1.807) is 7.11 Å². The first-order chi connectivity index (χ1) is 10.6.